The Morgan fingerprint density at radius 1 is 1.36 bits per heavy atom. The Kier molecular flexibility index (Phi) is 5.94. The van der Waals surface area contributed by atoms with Crippen LogP contribution < -0.4 is 16.5 Å². The molecule has 0 radical (unpaired) electrons. The average molecular weight is 347 g/mol. The van der Waals surface area contributed by atoms with Crippen molar-refractivity contribution < 1.29 is 18.4 Å². The molecule has 2 aromatic rings. The molecule has 0 saturated carbocycles. The summed E-state index contributed by atoms with van der Waals surface area (Å²) in [5.74, 6) is -2.58. The lowest BCUT2D eigenvalue weighted by Gasteiger charge is -2.13. The Bertz CT molecular complexity index is 836. The number of hydrogen-bond acceptors (Lipinski definition) is 6. The molecular formula is C16H15F2N5O2. The van der Waals surface area contributed by atoms with Crippen LogP contribution in [-0.2, 0) is 4.84 Å². The van der Waals surface area contributed by atoms with E-state index in [4.69, 9.17) is 15.8 Å². The Labute approximate surface area is 142 Å². The van der Waals surface area contributed by atoms with E-state index in [1.165, 1.54) is 12.1 Å². The maximum absolute atomic E-state index is 14.0. The highest BCUT2D eigenvalue weighted by molar-refractivity contribution is 5.99. The van der Waals surface area contributed by atoms with E-state index in [9.17, 15) is 13.6 Å². The molecule has 1 aromatic carbocycles. The van der Waals surface area contributed by atoms with E-state index >= 15 is 0 Å². The second-order valence-electron chi connectivity index (χ2n) is 5.00. The Balaban J connectivity index is 2.40. The number of nitrogens with zero attached hydrogens (tertiary/aromatic N) is 2. The lowest BCUT2D eigenvalue weighted by atomic mass is 10.2. The van der Waals surface area contributed by atoms with Gasteiger partial charge in [-0.2, -0.15) is 5.26 Å². The van der Waals surface area contributed by atoms with Gasteiger partial charge >= 0.3 is 0 Å². The molecule has 2 rings (SSSR count). The number of carbonyl (C=O) groups is 1. The van der Waals surface area contributed by atoms with Gasteiger partial charge in [-0.3, -0.25) is 9.63 Å². The molecular weight excluding hydrogens is 332 g/mol. The van der Waals surface area contributed by atoms with E-state index in [1.807, 2.05) is 0 Å². The maximum Gasteiger partial charge on any atom is 0.278 e. The first-order valence-corrected chi connectivity index (χ1v) is 7.22. The lowest BCUT2D eigenvalue weighted by Crippen LogP contribution is -2.27. The van der Waals surface area contributed by atoms with Crippen molar-refractivity contribution >= 4 is 17.4 Å². The molecule has 0 bridgehead atoms. The highest BCUT2D eigenvalue weighted by atomic mass is 19.1. The van der Waals surface area contributed by atoms with E-state index in [0.29, 0.717) is 5.56 Å². The highest BCUT2D eigenvalue weighted by Gasteiger charge is 2.19. The third kappa shape index (κ3) is 4.47. The average Bonchev–Trinajstić information content (AvgIpc) is 2.58. The number of amides is 1. The summed E-state index contributed by atoms with van der Waals surface area (Å²) in [6.07, 6.45) is 0. The molecule has 7 nitrogen and oxygen atoms in total. The van der Waals surface area contributed by atoms with Crippen molar-refractivity contribution in [2.45, 2.75) is 6.92 Å². The second-order valence-corrected chi connectivity index (χ2v) is 5.00. The van der Waals surface area contributed by atoms with Crippen LogP contribution in [0.4, 0.5) is 20.3 Å². The summed E-state index contributed by atoms with van der Waals surface area (Å²) in [6, 6.07) is 6.75. The van der Waals surface area contributed by atoms with E-state index in [-0.39, 0.29) is 30.2 Å². The van der Waals surface area contributed by atoms with Crippen LogP contribution in [0.15, 0.2) is 24.3 Å². The molecule has 0 spiro atoms. The van der Waals surface area contributed by atoms with Crippen molar-refractivity contribution in [2.75, 3.05) is 18.5 Å². The molecule has 0 atom stereocenters. The summed E-state index contributed by atoms with van der Waals surface area (Å²) in [5, 5.41) is 11.5. The van der Waals surface area contributed by atoms with Gasteiger partial charge in [-0.15, -0.1) is 0 Å². The summed E-state index contributed by atoms with van der Waals surface area (Å²) < 4.78 is 27.8. The molecule has 130 valence electrons. The number of hydrogen-bond donors (Lipinski definition) is 3. The fraction of sp³-hybridized carbons (Fsp3) is 0.188. The van der Waals surface area contributed by atoms with Crippen LogP contribution in [0, 0.1) is 29.9 Å². The van der Waals surface area contributed by atoms with Crippen molar-refractivity contribution in [2.24, 2.45) is 5.73 Å². The number of hydroxylamine groups is 1. The van der Waals surface area contributed by atoms with Crippen molar-refractivity contribution in [1.82, 2.24) is 10.5 Å². The number of aryl methyl sites for hydroxylation is 1. The van der Waals surface area contributed by atoms with Gasteiger partial charge in [0.15, 0.2) is 11.5 Å². The standard InChI is InChI=1S/C16H15F2N5O2/c1-9-2-3-13(11(17)6-9)21-15-10(16(24)23-25-5-4-19)7-12(18)14(8-20)22-15/h2-3,6-7H,4-5,19H2,1H3,(H,21,22)(H,23,24). The van der Waals surface area contributed by atoms with Gasteiger partial charge in [0.1, 0.15) is 17.7 Å². The van der Waals surface area contributed by atoms with Gasteiger partial charge in [-0.1, -0.05) is 6.07 Å². The first-order valence-electron chi connectivity index (χ1n) is 7.22. The number of rotatable bonds is 6. The van der Waals surface area contributed by atoms with E-state index in [0.717, 1.165) is 6.07 Å². The Hall–Kier alpha value is -3.09. The molecule has 0 fully saturated rings. The molecule has 0 saturated heterocycles. The lowest BCUT2D eigenvalue weighted by molar-refractivity contribution is 0.0343. The van der Waals surface area contributed by atoms with Crippen LogP contribution in [0.5, 0.6) is 0 Å². The van der Waals surface area contributed by atoms with Crippen LogP contribution >= 0.6 is 0 Å². The summed E-state index contributed by atoms with van der Waals surface area (Å²) in [5.41, 5.74) is 7.24. The minimum absolute atomic E-state index is 0.0190. The number of carbonyl (C=O) groups excluding carboxylic acids is 1. The number of aromatic nitrogens is 1. The van der Waals surface area contributed by atoms with Crippen molar-refractivity contribution in [3.8, 4) is 6.07 Å². The highest BCUT2D eigenvalue weighted by Crippen LogP contribution is 2.24. The van der Waals surface area contributed by atoms with Crippen molar-refractivity contribution in [3.63, 3.8) is 0 Å². The zero-order chi connectivity index (χ0) is 18.4. The van der Waals surface area contributed by atoms with Crippen molar-refractivity contribution in [3.05, 3.63) is 52.7 Å². The Morgan fingerprint density at radius 3 is 2.76 bits per heavy atom. The molecule has 25 heavy (non-hydrogen) atoms. The minimum atomic E-state index is -0.985. The van der Waals surface area contributed by atoms with Gasteiger partial charge in [0, 0.05) is 6.54 Å². The van der Waals surface area contributed by atoms with Crippen LogP contribution in [0.3, 0.4) is 0 Å². The second kappa shape index (κ2) is 8.14. The molecule has 0 aliphatic carbocycles. The van der Waals surface area contributed by atoms with Crippen LogP contribution in [-0.4, -0.2) is 24.0 Å². The van der Waals surface area contributed by atoms with Crippen LogP contribution in [0.1, 0.15) is 21.6 Å². The zero-order valence-corrected chi connectivity index (χ0v) is 13.3. The third-order valence-electron chi connectivity index (χ3n) is 3.09. The predicted molar refractivity (Wildman–Crippen MR) is 85.8 cm³/mol. The fourth-order valence-electron chi connectivity index (χ4n) is 1.92. The summed E-state index contributed by atoms with van der Waals surface area (Å²) in [6.45, 7) is 1.93. The fourth-order valence-corrected chi connectivity index (χ4v) is 1.92. The van der Waals surface area contributed by atoms with Crippen molar-refractivity contribution in [1.29, 1.82) is 5.26 Å². The number of pyridine rings is 1. The number of halogens is 2. The van der Waals surface area contributed by atoms with Gasteiger partial charge in [0.05, 0.1) is 17.9 Å². The molecule has 4 N–H and O–H groups in total. The zero-order valence-electron chi connectivity index (χ0n) is 13.3. The molecule has 1 aromatic heterocycles. The molecule has 0 unspecified atom stereocenters. The number of nitrogens with one attached hydrogen (secondary N) is 2. The summed E-state index contributed by atoms with van der Waals surface area (Å²) >= 11 is 0. The van der Waals surface area contributed by atoms with Crippen LogP contribution in [0.2, 0.25) is 0 Å². The normalized spacial score (nSPS) is 10.2. The molecule has 0 aliphatic heterocycles. The monoisotopic (exact) mass is 347 g/mol. The van der Waals surface area contributed by atoms with Gasteiger partial charge in [0.25, 0.3) is 5.91 Å². The largest absolute Gasteiger partial charge is 0.337 e. The minimum Gasteiger partial charge on any atom is -0.337 e. The van der Waals surface area contributed by atoms with Gasteiger partial charge < -0.3 is 11.1 Å². The number of nitriles is 1. The van der Waals surface area contributed by atoms with Crippen LogP contribution in [0.25, 0.3) is 0 Å². The Morgan fingerprint density at radius 2 is 2.12 bits per heavy atom. The number of benzene rings is 1. The molecule has 1 heterocycles. The molecule has 0 aliphatic rings. The first-order chi connectivity index (χ1) is 12.0. The van der Waals surface area contributed by atoms with Gasteiger partial charge in [0.2, 0.25) is 0 Å². The maximum atomic E-state index is 14.0. The number of nitrogens with two attached hydrogens (primary N) is 1. The third-order valence-corrected chi connectivity index (χ3v) is 3.09. The summed E-state index contributed by atoms with van der Waals surface area (Å²) in [7, 11) is 0. The van der Waals surface area contributed by atoms with E-state index in [2.05, 4.69) is 15.8 Å². The number of anilines is 2. The smallest absolute Gasteiger partial charge is 0.278 e. The van der Waals surface area contributed by atoms with Gasteiger partial charge in [-0.25, -0.2) is 19.2 Å². The van der Waals surface area contributed by atoms with E-state index in [1.54, 1.807) is 19.1 Å². The van der Waals surface area contributed by atoms with Gasteiger partial charge in [-0.05, 0) is 30.7 Å². The quantitative estimate of drug-likeness (QED) is 0.543. The molecule has 9 heteroatoms. The molecule has 1 amide bonds. The van der Waals surface area contributed by atoms with E-state index < -0.39 is 23.2 Å². The summed E-state index contributed by atoms with van der Waals surface area (Å²) in [4.78, 5) is 20.7. The topological polar surface area (TPSA) is 113 Å². The SMILES string of the molecule is Cc1ccc(Nc2nc(C#N)c(F)cc2C(=O)NOCCN)c(F)c1. The predicted octanol–water partition coefficient (Wildman–Crippen LogP) is 1.90. The first kappa shape index (κ1) is 18.3.